The number of carbonyl (C=O) groups is 2. The molecule has 1 atom stereocenters. The van der Waals surface area contributed by atoms with E-state index in [1.165, 1.54) is 4.90 Å². The monoisotopic (exact) mass is 683 g/mol. The SMILES string of the molecule is Cc1ccc(N(CC(=O)N(Cc2c(Cl)cccc2Cl)[C@H](Cc2ccccc2)C(=O)NCC(C)C)S(=O)(=O)c2ccc(F)cc2)cc1. The number of sulfonamides is 1. The molecule has 46 heavy (non-hydrogen) atoms. The fourth-order valence-electron chi connectivity index (χ4n) is 4.80. The first-order chi connectivity index (χ1) is 21.9. The molecule has 1 N–H and O–H groups in total. The van der Waals surface area contributed by atoms with Gasteiger partial charge in [-0.1, -0.05) is 91.1 Å². The first-order valence-corrected chi connectivity index (χ1v) is 17.0. The second-order valence-corrected chi connectivity index (χ2v) is 14.0. The van der Waals surface area contributed by atoms with Gasteiger partial charge in [-0.2, -0.15) is 0 Å². The maximum Gasteiger partial charge on any atom is 0.264 e. The Bertz CT molecular complexity index is 1730. The Kier molecular flexibility index (Phi) is 11.8. The van der Waals surface area contributed by atoms with Crippen LogP contribution in [0.2, 0.25) is 10.0 Å². The summed E-state index contributed by atoms with van der Waals surface area (Å²) < 4.78 is 42.8. The molecule has 0 aromatic heterocycles. The van der Waals surface area contributed by atoms with Gasteiger partial charge in [0.15, 0.2) is 0 Å². The summed E-state index contributed by atoms with van der Waals surface area (Å²) in [7, 11) is -4.36. The lowest BCUT2D eigenvalue weighted by molar-refractivity contribution is -0.140. The molecule has 0 aliphatic carbocycles. The summed E-state index contributed by atoms with van der Waals surface area (Å²) in [5.74, 6) is -1.53. The first kappa shape index (κ1) is 34.9. The molecule has 0 bridgehead atoms. The number of benzene rings is 4. The summed E-state index contributed by atoms with van der Waals surface area (Å²) in [5.41, 5.74) is 2.32. The highest BCUT2D eigenvalue weighted by Crippen LogP contribution is 2.29. The minimum Gasteiger partial charge on any atom is -0.354 e. The summed E-state index contributed by atoms with van der Waals surface area (Å²) in [6.45, 7) is 5.31. The van der Waals surface area contributed by atoms with Crippen molar-refractivity contribution in [1.29, 1.82) is 0 Å². The van der Waals surface area contributed by atoms with E-state index in [1.807, 2.05) is 51.1 Å². The smallest absolute Gasteiger partial charge is 0.264 e. The number of halogens is 3. The second-order valence-electron chi connectivity index (χ2n) is 11.4. The molecule has 4 aromatic carbocycles. The maximum atomic E-state index is 14.5. The van der Waals surface area contributed by atoms with Crippen molar-refractivity contribution in [2.24, 2.45) is 5.92 Å². The van der Waals surface area contributed by atoms with E-state index in [1.54, 1.807) is 42.5 Å². The molecule has 0 radical (unpaired) electrons. The molecular formula is C35H36Cl2FN3O4S. The van der Waals surface area contributed by atoms with Crippen LogP contribution in [0, 0.1) is 18.7 Å². The van der Waals surface area contributed by atoms with Crippen molar-refractivity contribution in [3.05, 3.63) is 130 Å². The van der Waals surface area contributed by atoms with Crippen molar-refractivity contribution in [3.8, 4) is 0 Å². The van der Waals surface area contributed by atoms with E-state index in [0.29, 0.717) is 22.2 Å². The Labute approximate surface area is 280 Å². The zero-order chi connectivity index (χ0) is 33.4. The van der Waals surface area contributed by atoms with Crippen LogP contribution in [0.4, 0.5) is 10.1 Å². The van der Waals surface area contributed by atoms with Crippen LogP contribution in [0.15, 0.2) is 102 Å². The summed E-state index contributed by atoms with van der Waals surface area (Å²) in [6.07, 6.45) is 0.147. The largest absolute Gasteiger partial charge is 0.354 e. The van der Waals surface area contributed by atoms with Gasteiger partial charge in [-0.15, -0.1) is 0 Å². The van der Waals surface area contributed by atoms with Gasteiger partial charge >= 0.3 is 0 Å². The van der Waals surface area contributed by atoms with Crippen LogP contribution in [0.3, 0.4) is 0 Å². The maximum absolute atomic E-state index is 14.5. The molecule has 0 heterocycles. The standard InChI is InChI=1S/C35H36Cl2FN3O4S/c1-24(2)21-39-35(43)33(20-26-8-5-4-6-9-26)40(22-30-31(36)10-7-11-32(30)37)34(42)23-41(28-16-12-25(3)13-17-28)46(44,45)29-18-14-27(38)15-19-29/h4-19,24,33H,20-23H2,1-3H3,(H,39,43)/t33-/m1/s1. The lowest BCUT2D eigenvalue weighted by Crippen LogP contribution is -2.53. The number of nitrogens with one attached hydrogen (secondary N) is 1. The van der Waals surface area contributed by atoms with E-state index < -0.39 is 40.2 Å². The summed E-state index contributed by atoms with van der Waals surface area (Å²) >= 11 is 13.1. The fraction of sp³-hybridized carbons (Fsp3) is 0.257. The van der Waals surface area contributed by atoms with Crippen LogP contribution in [-0.2, 0) is 32.6 Å². The zero-order valence-corrected chi connectivity index (χ0v) is 28.1. The zero-order valence-electron chi connectivity index (χ0n) is 25.8. The van der Waals surface area contributed by atoms with E-state index >= 15 is 0 Å². The number of aryl methyl sites for hydroxylation is 1. The predicted molar refractivity (Wildman–Crippen MR) is 181 cm³/mol. The molecule has 242 valence electrons. The summed E-state index contributed by atoms with van der Waals surface area (Å²) in [6, 6.07) is 24.1. The number of anilines is 1. The summed E-state index contributed by atoms with van der Waals surface area (Å²) in [4.78, 5) is 29.5. The average Bonchev–Trinajstić information content (AvgIpc) is 3.02. The van der Waals surface area contributed by atoms with E-state index in [-0.39, 0.29) is 29.5 Å². The van der Waals surface area contributed by atoms with E-state index in [2.05, 4.69) is 5.32 Å². The predicted octanol–water partition coefficient (Wildman–Crippen LogP) is 7.05. The molecule has 4 aromatic rings. The van der Waals surface area contributed by atoms with Gasteiger partial charge in [0.05, 0.1) is 10.6 Å². The second kappa shape index (κ2) is 15.6. The van der Waals surface area contributed by atoms with Gasteiger partial charge in [-0.3, -0.25) is 13.9 Å². The highest BCUT2D eigenvalue weighted by atomic mass is 35.5. The van der Waals surface area contributed by atoms with E-state index in [9.17, 15) is 22.4 Å². The molecule has 0 saturated carbocycles. The third-order valence-electron chi connectivity index (χ3n) is 7.35. The number of nitrogens with zero attached hydrogens (tertiary/aromatic N) is 2. The molecule has 0 aliphatic heterocycles. The molecule has 0 fully saturated rings. The Morgan fingerprint density at radius 1 is 0.848 bits per heavy atom. The topological polar surface area (TPSA) is 86.8 Å². The number of hydrogen-bond donors (Lipinski definition) is 1. The van der Waals surface area contributed by atoms with Crippen molar-refractivity contribution in [3.63, 3.8) is 0 Å². The van der Waals surface area contributed by atoms with E-state index in [4.69, 9.17) is 23.2 Å². The number of carbonyl (C=O) groups excluding carboxylic acids is 2. The molecule has 7 nitrogen and oxygen atoms in total. The fourth-order valence-corrected chi connectivity index (χ4v) is 6.73. The number of amides is 2. The van der Waals surface area contributed by atoms with Crippen LogP contribution in [-0.4, -0.2) is 44.3 Å². The molecule has 2 amide bonds. The van der Waals surface area contributed by atoms with Gasteiger partial charge < -0.3 is 10.2 Å². The Balaban J connectivity index is 1.83. The van der Waals surface area contributed by atoms with Crippen LogP contribution < -0.4 is 9.62 Å². The molecule has 0 saturated heterocycles. The number of hydrogen-bond acceptors (Lipinski definition) is 4. The Morgan fingerprint density at radius 2 is 1.46 bits per heavy atom. The molecule has 0 aliphatic rings. The number of rotatable bonds is 13. The first-order valence-electron chi connectivity index (χ1n) is 14.8. The lowest BCUT2D eigenvalue weighted by Gasteiger charge is -2.34. The highest BCUT2D eigenvalue weighted by molar-refractivity contribution is 7.92. The van der Waals surface area contributed by atoms with Gasteiger partial charge in [0.2, 0.25) is 11.8 Å². The lowest BCUT2D eigenvalue weighted by atomic mass is 10.0. The van der Waals surface area contributed by atoms with Gasteiger partial charge in [0.1, 0.15) is 18.4 Å². The normalized spacial score (nSPS) is 12.1. The van der Waals surface area contributed by atoms with Crippen LogP contribution >= 0.6 is 23.2 Å². The Hall–Kier alpha value is -3.92. The molecule has 0 spiro atoms. The highest BCUT2D eigenvalue weighted by Gasteiger charge is 2.35. The quantitative estimate of drug-likeness (QED) is 0.164. The van der Waals surface area contributed by atoms with Crippen LogP contribution in [0.25, 0.3) is 0 Å². The van der Waals surface area contributed by atoms with Gasteiger partial charge in [0, 0.05) is 35.1 Å². The van der Waals surface area contributed by atoms with Crippen molar-refractivity contribution in [2.75, 3.05) is 17.4 Å². The summed E-state index contributed by atoms with van der Waals surface area (Å²) in [5, 5.41) is 3.52. The van der Waals surface area contributed by atoms with Crippen LogP contribution in [0.5, 0.6) is 0 Å². The van der Waals surface area contributed by atoms with E-state index in [0.717, 1.165) is 39.7 Å². The molecule has 4 rings (SSSR count). The van der Waals surface area contributed by atoms with Crippen molar-refractivity contribution in [1.82, 2.24) is 10.2 Å². The van der Waals surface area contributed by atoms with Gasteiger partial charge in [-0.05, 0) is 66.9 Å². The molecular weight excluding hydrogens is 648 g/mol. The average molecular weight is 685 g/mol. The van der Waals surface area contributed by atoms with Gasteiger partial charge in [-0.25, -0.2) is 12.8 Å². The Morgan fingerprint density at radius 3 is 2.04 bits per heavy atom. The van der Waals surface area contributed by atoms with Crippen molar-refractivity contribution >= 4 is 50.7 Å². The van der Waals surface area contributed by atoms with Crippen LogP contribution in [0.1, 0.15) is 30.5 Å². The third kappa shape index (κ3) is 8.87. The van der Waals surface area contributed by atoms with Crippen molar-refractivity contribution in [2.45, 2.75) is 44.7 Å². The minimum absolute atomic E-state index is 0.140. The van der Waals surface area contributed by atoms with Crippen molar-refractivity contribution < 1.29 is 22.4 Å². The molecule has 11 heteroatoms. The third-order valence-corrected chi connectivity index (χ3v) is 9.84. The molecule has 0 unspecified atom stereocenters. The minimum atomic E-state index is -4.36. The van der Waals surface area contributed by atoms with Gasteiger partial charge in [0.25, 0.3) is 10.0 Å².